The average Bonchev–Trinajstić information content (AvgIpc) is 4.50. The number of hydrogen-bond acceptors (Lipinski definition) is 6. The number of hydrogen-bond donors (Lipinski definition) is 0. The summed E-state index contributed by atoms with van der Waals surface area (Å²) in [6.07, 6.45) is 65.6. The van der Waals surface area contributed by atoms with Gasteiger partial charge in [-0.1, -0.05) is 116 Å². The molecule has 0 radical (unpaired) electrons. The molecule has 0 aromatic carbocycles. The van der Waals surface area contributed by atoms with E-state index in [1.807, 2.05) is 0 Å². The molecule has 16 aliphatic carbocycles. The molecular formula is C76H120O6Si4. The molecule has 476 valence electrons. The van der Waals surface area contributed by atoms with Crippen LogP contribution in [0.2, 0.25) is 70.5 Å². The fourth-order valence-electron chi connectivity index (χ4n) is 21.1. The van der Waals surface area contributed by atoms with Crippen molar-refractivity contribution in [1.82, 2.24) is 0 Å². The number of rotatable bonds is 26. The molecule has 0 N–H and O–H groups in total. The van der Waals surface area contributed by atoms with Crippen LogP contribution in [0.25, 0.3) is 0 Å². The Kier molecular flexibility index (Phi) is 20.1. The Labute approximate surface area is 528 Å². The van der Waals surface area contributed by atoms with Crippen LogP contribution in [0.1, 0.15) is 122 Å². The second-order valence-electron chi connectivity index (χ2n) is 34.5. The molecule has 0 aromatic heterocycles. The highest BCUT2D eigenvalue weighted by Gasteiger charge is 2.45. The first-order chi connectivity index (χ1) is 41.4. The SMILES string of the molecule is C1=CC2CC1CC2COCOCC1CC2C=CC1C2.C[Si](C)(CCC1CC2C=CC1C2)OCC1CC2C=CC1C2.C[Si](C)(CCC1CC2C=CC1C2)O[Si](C)(C)CCC1CC2C=CC1C2.C[Si](C)(OCC1CC2C=CC1C2)OCC1CC2C=CC1C2. The third-order valence-corrected chi connectivity index (χ3v) is 37.6. The zero-order valence-electron chi connectivity index (χ0n) is 55.3. The normalized spacial score (nSPS) is 42.6. The standard InChI is InChI=1S/C22H38OSi2.C19H30OSi.C18H28O2Si.C17H24O2/c1-24(2,11-9-21-15-17-5-7-19(21)13-17)23-25(3,4)12-10-22-16-18-6-8-20(22)14-18;1-21(2,8-7-18-11-14-3-5-16(18)9-14)20-13-19-12-15-4-6-17(19)10-15;1-21(2,19-11-17-9-13-3-5-15(17)7-13)20-12-18-10-14-4-6-16(18)8-14;1-3-14-5-12(1)7-16(14)9-18-11-19-10-17-8-13-2-4-15(17)6-13/h5-8,17-22H,9-16H2,1-4H3;3-6,14-19H,7-13H2,1-2H3;3-6,13-18H,7-12H2,1-2H3;1-4,12-17H,5-11H2. The Morgan fingerprint density at radius 1 is 0.256 bits per heavy atom. The first-order valence-corrected chi connectivity index (χ1v) is 48.8. The lowest BCUT2D eigenvalue weighted by Crippen LogP contribution is -2.44. The molecule has 24 atom stereocenters. The molecule has 86 heavy (non-hydrogen) atoms. The predicted molar refractivity (Wildman–Crippen MR) is 365 cm³/mol. The fraction of sp³-hybridized carbons (Fsp3) is 0.789. The highest BCUT2D eigenvalue weighted by atomic mass is 28.4. The first-order valence-electron chi connectivity index (χ1n) is 36.6. The molecule has 0 aromatic rings. The van der Waals surface area contributed by atoms with Gasteiger partial charge in [-0.25, -0.2) is 0 Å². The van der Waals surface area contributed by atoms with E-state index in [9.17, 15) is 0 Å². The molecule has 0 saturated heterocycles. The predicted octanol–water partition coefficient (Wildman–Crippen LogP) is 19.2. The van der Waals surface area contributed by atoms with Gasteiger partial charge in [0.05, 0.1) is 13.2 Å². The van der Waals surface area contributed by atoms with E-state index in [4.69, 9.17) is 26.9 Å². The van der Waals surface area contributed by atoms with E-state index in [0.717, 1.165) is 175 Å². The van der Waals surface area contributed by atoms with Crippen LogP contribution in [0.15, 0.2) is 97.2 Å². The summed E-state index contributed by atoms with van der Waals surface area (Å²) >= 11 is 0. The maximum absolute atomic E-state index is 6.95. The summed E-state index contributed by atoms with van der Waals surface area (Å²) in [5.74, 6) is 20.5. The van der Waals surface area contributed by atoms with E-state index in [1.165, 1.54) is 140 Å². The first kappa shape index (κ1) is 63.3. The molecule has 24 unspecified atom stereocenters. The Hall–Kier alpha value is -1.45. The van der Waals surface area contributed by atoms with Crippen molar-refractivity contribution in [3.05, 3.63) is 97.2 Å². The minimum absolute atomic E-state index is 0.495. The van der Waals surface area contributed by atoms with Crippen LogP contribution in [0.5, 0.6) is 0 Å². The third kappa shape index (κ3) is 16.1. The van der Waals surface area contributed by atoms with E-state index in [1.54, 1.807) is 0 Å². The zero-order chi connectivity index (χ0) is 59.2. The molecule has 16 rings (SSSR count). The molecule has 10 heteroatoms. The van der Waals surface area contributed by atoms with Gasteiger partial charge in [-0.05, 0) is 315 Å². The molecule has 8 saturated carbocycles. The lowest BCUT2D eigenvalue weighted by Gasteiger charge is -2.36. The second kappa shape index (κ2) is 27.2. The van der Waals surface area contributed by atoms with Gasteiger partial charge >= 0.3 is 8.56 Å². The number of fused-ring (bicyclic) bond motifs is 16. The Morgan fingerprint density at radius 2 is 0.488 bits per heavy atom. The summed E-state index contributed by atoms with van der Waals surface area (Å²) < 4.78 is 37.5. The number of allylic oxidation sites excluding steroid dienone is 16. The van der Waals surface area contributed by atoms with Crippen molar-refractivity contribution < 1.29 is 26.9 Å². The maximum Gasteiger partial charge on any atom is 0.331 e. The molecule has 0 spiro atoms. The summed E-state index contributed by atoms with van der Waals surface area (Å²) in [6.45, 7) is 24.5. The quantitative estimate of drug-likeness (QED) is 0.0372. The average molecular weight is 1240 g/mol. The highest BCUT2D eigenvalue weighted by Crippen LogP contribution is 2.51. The Morgan fingerprint density at radius 3 is 0.733 bits per heavy atom. The van der Waals surface area contributed by atoms with Crippen molar-refractivity contribution in [2.24, 2.45) is 142 Å². The molecule has 16 aliphatic rings. The van der Waals surface area contributed by atoms with E-state index >= 15 is 0 Å². The molecule has 0 heterocycles. The van der Waals surface area contributed by atoms with Crippen molar-refractivity contribution in [2.45, 2.75) is 193 Å². The Bertz CT molecular complexity index is 2280. The van der Waals surface area contributed by atoms with Gasteiger partial charge in [0.2, 0.25) is 0 Å². The Balaban J connectivity index is 0.000000107. The highest BCUT2D eigenvalue weighted by molar-refractivity contribution is 6.84. The largest absolute Gasteiger partial charge is 0.455 e. The van der Waals surface area contributed by atoms with Crippen molar-refractivity contribution in [3.63, 3.8) is 0 Å². The summed E-state index contributed by atoms with van der Waals surface area (Å²) in [4.78, 5) is 0. The molecular weight excluding hydrogens is 1120 g/mol. The lowest BCUT2D eigenvalue weighted by molar-refractivity contribution is -0.0779. The minimum atomic E-state index is -1.94. The molecule has 16 bridgehead atoms. The van der Waals surface area contributed by atoms with Crippen LogP contribution >= 0.6 is 0 Å². The van der Waals surface area contributed by atoms with Crippen LogP contribution in [-0.2, 0) is 26.9 Å². The molecule has 6 nitrogen and oxygen atoms in total. The van der Waals surface area contributed by atoms with Gasteiger partial charge in [0.1, 0.15) is 6.79 Å². The van der Waals surface area contributed by atoms with Gasteiger partial charge in [0, 0.05) is 19.8 Å². The van der Waals surface area contributed by atoms with E-state index in [2.05, 4.69) is 150 Å². The lowest BCUT2D eigenvalue weighted by atomic mass is 9.91. The van der Waals surface area contributed by atoms with E-state index in [-0.39, 0.29) is 0 Å². The van der Waals surface area contributed by atoms with Crippen LogP contribution < -0.4 is 0 Å². The zero-order valence-corrected chi connectivity index (χ0v) is 59.3. The summed E-state index contributed by atoms with van der Waals surface area (Å²) in [7, 11) is -6.39. The topological polar surface area (TPSA) is 55.4 Å². The van der Waals surface area contributed by atoms with Crippen molar-refractivity contribution >= 4 is 33.5 Å². The summed E-state index contributed by atoms with van der Waals surface area (Å²) in [5, 5.41) is 0. The van der Waals surface area contributed by atoms with E-state index in [0.29, 0.717) is 6.79 Å². The van der Waals surface area contributed by atoms with Crippen molar-refractivity contribution in [3.8, 4) is 0 Å². The fourth-order valence-corrected chi connectivity index (χ4v) is 33.2. The van der Waals surface area contributed by atoms with Gasteiger partial charge in [0.25, 0.3) is 0 Å². The maximum atomic E-state index is 6.95. The number of ether oxygens (including phenoxy) is 2. The molecule has 0 amide bonds. The van der Waals surface area contributed by atoms with Crippen LogP contribution in [-0.4, -0.2) is 73.3 Å². The summed E-state index contributed by atoms with van der Waals surface area (Å²) in [6, 6.07) is 4.12. The van der Waals surface area contributed by atoms with Crippen LogP contribution in [0.4, 0.5) is 0 Å². The third-order valence-electron chi connectivity index (χ3n) is 26.0. The van der Waals surface area contributed by atoms with Crippen molar-refractivity contribution in [1.29, 1.82) is 0 Å². The van der Waals surface area contributed by atoms with Gasteiger partial charge in [-0.2, -0.15) is 0 Å². The van der Waals surface area contributed by atoms with Crippen LogP contribution in [0.3, 0.4) is 0 Å². The van der Waals surface area contributed by atoms with Gasteiger partial charge < -0.3 is 26.9 Å². The summed E-state index contributed by atoms with van der Waals surface area (Å²) in [5.41, 5.74) is 0. The van der Waals surface area contributed by atoms with Gasteiger partial charge in [0.15, 0.2) is 25.0 Å². The van der Waals surface area contributed by atoms with Gasteiger partial charge in [-0.3, -0.25) is 0 Å². The van der Waals surface area contributed by atoms with Crippen LogP contribution in [0, 0.1) is 142 Å². The smallest absolute Gasteiger partial charge is 0.331 e. The molecule has 8 fully saturated rings. The minimum Gasteiger partial charge on any atom is -0.455 e. The second-order valence-corrected chi connectivity index (χ2v) is 51.1. The van der Waals surface area contributed by atoms with E-state index < -0.39 is 33.5 Å². The molecule has 0 aliphatic heterocycles. The van der Waals surface area contributed by atoms with Gasteiger partial charge in [-0.15, -0.1) is 0 Å². The van der Waals surface area contributed by atoms with Crippen molar-refractivity contribution in [2.75, 3.05) is 39.8 Å². The monoisotopic (exact) mass is 1240 g/mol.